The summed E-state index contributed by atoms with van der Waals surface area (Å²) >= 11 is 1.56. The number of hydrogen-bond acceptors (Lipinski definition) is 6. The number of rotatable bonds is 6. The summed E-state index contributed by atoms with van der Waals surface area (Å²) in [7, 11) is 1.51. The summed E-state index contributed by atoms with van der Waals surface area (Å²) in [5.41, 5.74) is 1.29. The van der Waals surface area contributed by atoms with Crippen LogP contribution in [0.5, 0.6) is 11.5 Å². The minimum absolute atomic E-state index is 0.200. The van der Waals surface area contributed by atoms with E-state index in [-0.39, 0.29) is 12.5 Å². The van der Waals surface area contributed by atoms with Crippen molar-refractivity contribution in [3.63, 3.8) is 0 Å². The highest BCUT2D eigenvalue weighted by Gasteiger charge is 2.31. The Hall–Kier alpha value is -2.61. The Labute approximate surface area is 155 Å². The maximum atomic E-state index is 12.6. The van der Waals surface area contributed by atoms with Gasteiger partial charge >= 0.3 is 5.97 Å². The van der Waals surface area contributed by atoms with E-state index < -0.39 is 11.9 Å². The van der Waals surface area contributed by atoms with E-state index in [0.717, 1.165) is 10.7 Å². The number of aryl methyl sites for hydroxylation is 1. The Balaban J connectivity index is 1.69. The van der Waals surface area contributed by atoms with E-state index in [9.17, 15) is 9.59 Å². The van der Waals surface area contributed by atoms with Gasteiger partial charge in [-0.1, -0.05) is 0 Å². The van der Waals surface area contributed by atoms with E-state index in [1.54, 1.807) is 34.4 Å². The number of aromatic nitrogens is 1. The van der Waals surface area contributed by atoms with E-state index in [4.69, 9.17) is 14.6 Å². The van der Waals surface area contributed by atoms with Crippen LogP contribution < -0.4 is 9.47 Å². The molecule has 1 aliphatic rings. The molecule has 26 heavy (non-hydrogen) atoms. The standard InChI is InChI=1S/C18H20N2O5S/c1-11-19-14(10-26-11)9-25-15-4-3-12(7-16(15)24-2)17(21)20-6-5-13(8-20)18(22)23/h3-4,7,10,13H,5-6,8-9H2,1-2H3,(H,22,23). The lowest BCUT2D eigenvalue weighted by Crippen LogP contribution is -2.29. The molecule has 1 fully saturated rings. The fraction of sp³-hybridized carbons (Fsp3) is 0.389. The van der Waals surface area contributed by atoms with Gasteiger partial charge in [0, 0.05) is 24.0 Å². The number of nitrogens with zero attached hydrogens (tertiary/aromatic N) is 2. The van der Waals surface area contributed by atoms with Crippen molar-refractivity contribution in [3.8, 4) is 11.5 Å². The van der Waals surface area contributed by atoms with Crippen LogP contribution in [0.15, 0.2) is 23.6 Å². The summed E-state index contributed by atoms with van der Waals surface area (Å²) in [6, 6.07) is 4.98. The Morgan fingerprint density at radius 3 is 2.81 bits per heavy atom. The van der Waals surface area contributed by atoms with Crippen LogP contribution in [0.3, 0.4) is 0 Å². The first kappa shape index (κ1) is 18.2. The summed E-state index contributed by atoms with van der Waals surface area (Å²) in [5.74, 6) is -0.575. The highest BCUT2D eigenvalue weighted by atomic mass is 32.1. The zero-order valence-corrected chi connectivity index (χ0v) is 15.4. The first-order valence-electron chi connectivity index (χ1n) is 8.22. The number of carbonyl (C=O) groups excluding carboxylic acids is 1. The minimum atomic E-state index is -0.862. The number of hydrogen-bond donors (Lipinski definition) is 1. The minimum Gasteiger partial charge on any atom is -0.493 e. The Kier molecular flexibility index (Phi) is 5.41. The van der Waals surface area contributed by atoms with Crippen LogP contribution in [0.25, 0.3) is 0 Å². The van der Waals surface area contributed by atoms with Gasteiger partial charge in [-0.3, -0.25) is 9.59 Å². The normalized spacial score (nSPS) is 16.5. The molecule has 8 heteroatoms. The topological polar surface area (TPSA) is 89.0 Å². The van der Waals surface area contributed by atoms with Gasteiger partial charge in [-0.15, -0.1) is 11.3 Å². The Morgan fingerprint density at radius 1 is 1.38 bits per heavy atom. The van der Waals surface area contributed by atoms with Crippen molar-refractivity contribution in [2.24, 2.45) is 5.92 Å². The van der Waals surface area contributed by atoms with Crippen LogP contribution in [-0.2, 0) is 11.4 Å². The summed E-state index contributed by atoms with van der Waals surface area (Å²) in [6.07, 6.45) is 0.479. The van der Waals surface area contributed by atoms with Crippen molar-refractivity contribution >= 4 is 23.2 Å². The first-order chi connectivity index (χ1) is 12.5. The number of benzene rings is 1. The molecule has 2 heterocycles. The third-order valence-corrected chi connectivity index (χ3v) is 5.10. The number of likely N-dealkylation sites (tertiary alicyclic amines) is 1. The quantitative estimate of drug-likeness (QED) is 0.834. The van der Waals surface area contributed by atoms with Gasteiger partial charge in [-0.25, -0.2) is 4.98 Å². The maximum absolute atomic E-state index is 12.6. The molecule has 1 unspecified atom stereocenters. The molecule has 0 spiro atoms. The molecule has 0 bridgehead atoms. The van der Waals surface area contributed by atoms with Gasteiger partial charge in [0.05, 0.1) is 23.7 Å². The monoisotopic (exact) mass is 376 g/mol. The average Bonchev–Trinajstić information content (AvgIpc) is 3.28. The van der Waals surface area contributed by atoms with Crippen LogP contribution in [0, 0.1) is 12.8 Å². The van der Waals surface area contributed by atoms with Crippen molar-refractivity contribution in [1.82, 2.24) is 9.88 Å². The molecule has 1 N–H and O–H groups in total. The summed E-state index contributed by atoms with van der Waals surface area (Å²) in [4.78, 5) is 29.6. The number of thiazole rings is 1. The van der Waals surface area contributed by atoms with Crippen molar-refractivity contribution in [2.45, 2.75) is 20.0 Å². The van der Waals surface area contributed by atoms with E-state index in [2.05, 4.69) is 4.98 Å². The van der Waals surface area contributed by atoms with Crippen molar-refractivity contribution in [1.29, 1.82) is 0 Å². The van der Waals surface area contributed by atoms with Gasteiger partial charge in [0.25, 0.3) is 5.91 Å². The molecule has 2 aromatic rings. The summed E-state index contributed by atoms with van der Waals surface area (Å²) in [5, 5.41) is 12.0. The molecule has 7 nitrogen and oxygen atoms in total. The predicted octanol–water partition coefficient (Wildman–Crippen LogP) is 2.59. The number of carboxylic acid groups (broad SMARTS) is 1. The Bertz CT molecular complexity index is 820. The van der Waals surface area contributed by atoms with Crippen molar-refractivity contribution < 1.29 is 24.2 Å². The van der Waals surface area contributed by atoms with Gasteiger partial charge in [0.1, 0.15) is 6.61 Å². The molecule has 1 aromatic carbocycles. The van der Waals surface area contributed by atoms with Gasteiger partial charge in [-0.2, -0.15) is 0 Å². The van der Waals surface area contributed by atoms with E-state index in [0.29, 0.717) is 36.6 Å². The number of carboxylic acids is 1. The van der Waals surface area contributed by atoms with Crippen LogP contribution in [0.4, 0.5) is 0 Å². The fourth-order valence-electron chi connectivity index (χ4n) is 2.87. The molecule has 1 saturated heterocycles. The van der Waals surface area contributed by atoms with Crippen LogP contribution in [0.1, 0.15) is 27.5 Å². The highest BCUT2D eigenvalue weighted by molar-refractivity contribution is 7.09. The largest absolute Gasteiger partial charge is 0.493 e. The number of ether oxygens (including phenoxy) is 2. The number of aliphatic carboxylic acids is 1. The predicted molar refractivity (Wildman–Crippen MR) is 95.8 cm³/mol. The lowest BCUT2D eigenvalue weighted by atomic mass is 10.1. The van der Waals surface area contributed by atoms with Gasteiger partial charge in [0.2, 0.25) is 0 Å². The van der Waals surface area contributed by atoms with Gasteiger partial charge in [-0.05, 0) is 31.5 Å². The zero-order valence-electron chi connectivity index (χ0n) is 14.6. The number of carbonyl (C=O) groups is 2. The summed E-state index contributed by atoms with van der Waals surface area (Å²) in [6.45, 7) is 2.93. The third kappa shape index (κ3) is 3.96. The average molecular weight is 376 g/mol. The molecule has 0 radical (unpaired) electrons. The molecule has 3 rings (SSSR count). The van der Waals surface area contributed by atoms with Gasteiger partial charge in [0.15, 0.2) is 11.5 Å². The number of methoxy groups -OCH3 is 1. The highest BCUT2D eigenvalue weighted by Crippen LogP contribution is 2.30. The maximum Gasteiger partial charge on any atom is 0.308 e. The molecule has 1 aliphatic heterocycles. The zero-order chi connectivity index (χ0) is 18.7. The summed E-state index contributed by atoms with van der Waals surface area (Å²) < 4.78 is 11.1. The van der Waals surface area contributed by atoms with Crippen molar-refractivity contribution in [2.75, 3.05) is 20.2 Å². The second-order valence-electron chi connectivity index (χ2n) is 6.09. The fourth-order valence-corrected chi connectivity index (χ4v) is 3.47. The molecule has 138 valence electrons. The lowest BCUT2D eigenvalue weighted by molar-refractivity contribution is -0.141. The molecule has 0 saturated carbocycles. The Morgan fingerprint density at radius 2 is 2.19 bits per heavy atom. The van der Waals surface area contributed by atoms with E-state index in [1.807, 2.05) is 12.3 Å². The third-order valence-electron chi connectivity index (χ3n) is 4.28. The number of amides is 1. The molecular weight excluding hydrogens is 356 g/mol. The van der Waals surface area contributed by atoms with Gasteiger partial charge < -0.3 is 19.5 Å². The van der Waals surface area contributed by atoms with E-state index >= 15 is 0 Å². The van der Waals surface area contributed by atoms with Crippen LogP contribution in [0.2, 0.25) is 0 Å². The molecule has 1 aromatic heterocycles. The second-order valence-corrected chi connectivity index (χ2v) is 7.15. The van der Waals surface area contributed by atoms with Crippen LogP contribution >= 0.6 is 11.3 Å². The SMILES string of the molecule is COc1cc(C(=O)N2CCC(C(=O)O)C2)ccc1OCc1csc(C)n1. The smallest absolute Gasteiger partial charge is 0.308 e. The van der Waals surface area contributed by atoms with Crippen molar-refractivity contribution in [3.05, 3.63) is 39.8 Å². The molecule has 1 atom stereocenters. The molecule has 1 amide bonds. The molecular formula is C18H20N2O5S. The van der Waals surface area contributed by atoms with Crippen LogP contribution in [-0.4, -0.2) is 47.1 Å². The lowest BCUT2D eigenvalue weighted by Gasteiger charge is -2.17. The first-order valence-corrected chi connectivity index (χ1v) is 9.10. The van der Waals surface area contributed by atoms with E-state index in [1.165, 1.54) is 7.11 Å². The molecule has 0 aliphatic carbocycles. The second kappa shape index (κ2) is 7.74.